The van der Waals surface area contributed by atoms with Gasteiger partial charge in [0.25, 0.3) is 0 Å². The molecule has 0 unspecified atom stereocenters. The number of carbonyl (C=O) groups excluding carboxylic acids is 2. The van der Waals surface area contributed by atoms with Crippen LogP contribution in [0.25, 0.3) is 45.8 Å². The van der Waals surface area contributed by atoms with Gasteiger partial charge in [0, 0.05) is 88.6 Å². The van der Waals surface area contributed by atoms with E-state index in [0.29, 0.717) is 41.0 Å². The molecule has 0 spiro atoms. The molecule has 0 aliphatic rings. The van der Waals surface area contributed by atoms with Crippen LogP contribution >= 0.6 is 0 Å². The Balaban J connectivity index is -0.0000000637. The molecule has 0 saturated heterocycles. The van der Waals surface area contributed by atoms with Crippen LogP contribution in [0.4, 0.5) is 52.7 Å². The van der Waals surface area contributed by atoms with Gasteiger partial charge in [-0.2, -0.15) is 73.1 Å². The maximum Gasteiger partial charge on any atom is 0.418 e. The van der Waals surface area contributed by atoms with Crippen molar-refractivity contribution < 1.29 is 146 Å². The maximum atomic E-state index is 13.0. The zero-order chi connectivity index (χ0) is 112. The molecule has 552 valence electrons. The van der Waals surface area contributed by atoms with Gasteiger partial charge in [0.1, 0.15) is 45.8 Å². The van der Waals surface area contributed by atoms with E-state index in [2.05, 4.69) is 60.5 Å². The number of phenols is 4. The van der Waals surface area contributed by atoms with Gasteiger partial charge in [-0.05, 0) is 125 Å². The summed E-state index contributed by atoms with van der Waals surface area (Å²) in [5.74, 6) is 9.52. The topological polar surface area (TPSA) is 379 Å². The summed E-state index contributed by atoms with van der Waals surface area (Å²) in [7, 11) is 0. The van der Waals surface area contributed by atoms with E-state index in [9.17, 15) is 72.5 Å². The summed E-state index contributed by atoms with van der Waals surface area (Å²) in [6.45, 7) is 7.41. The summed E-state index contributed by atoms with van der Waals surface area (Å²) < 4.78 is 360. The fourth-order valence-electron chi connectivity index (χ4n) is 7.38. The summed E-state index contributed by atoms with van der Waals surface area (Å²) in [4.78, 5) is 43.1. The van der Waals surface area contributed by atoms with Crippen molar-refractivity contribution in [3.63, 3.8) is 0 Å². The number of hydrazone groups is 2. The number of aromatic hydroxyl groups is 4. The van der Waals surface area contributed by atoms with E-state index in [1.165, 1.54) is 48.8 Å². The van der Waals surface area contributed by atoms with Crippen molar-refractivity contribution in [2.24, 2.45) is 33.4 Å². The number of rotatable bonds is 8. The minimum absolute atomic E-state index is 0. The second-order valence-corrected chi connectivity index (χ2v) is 19.1. The predicted molar refractivity (Wildman–Crippen MR) is 378 cm³/mol. The molecule has 6 heterocycles. The average molecular weight is 1480 g/mol. The van der Waals surface area contributed by atoms with Gasteiger partial charge in [-0.25, -0.2) is 9.97 Å². The van der Waals surface area contributed by atoms with Crippen molar-refractivity contribution >= 4 is 24.2 Å². The van der Waals surface area contributed by atoms with E-state index in [0.717, 1.165) is 64.8 Å². The molecule has 96 heavy (non-hydrogen) atoms. The molecule has 0 bridgehead atoms. The highest BCUT2D eigenvalue weighted by molar-refractivity contribution is 5.97. The number of pyridine rings is 4. The molecule has 0 radical (unpaired) electrons. The Kier molecular flexibility index (Phi) is 17.9. The third-order valence-electron chi connectivity index (χ3n) is 12.0. The molecule has 22 nitrogen and oxygen atoms in total. The SMILES string of the molecule is C.C.Cc1ccc(O)c(-c2n[nH]c(-c3ccc(C(F)(F)F)cn3)n2)c1.Cc1ccc(O)c(-c2n[nH]c(-c3ncccc3C(F)(F)F)n2)c1.Cc1ccc(O)c(C=O)c1.Cc1ccc(O)c(C=O)c1.N/N=C(\N)c1ccc(C(F)(F)F)cn1.N/N=C(\N)c1ncccc1C(F)(F)F.[3HH].[3H][3H].[3H][3H].[3H][3H].[3H][3H].[3H][3H].[3H][3H].[3H][3H].[3H][3H].[3H][3H].[3H][3H].[3H][3H].[3H][3H].[3H][3H].[3H][3H].[3H][3H].[3H][3H].[3H][3H].[3H][3H].[3H][3H].[3H][3H].[3H][3H]. The summed E-state index contributed by atoms with van der Waals surface area (Å²) in [6.07, 6.45) is -12.8. The van der Waals surface area contributed by atoms with E-state index >= 15 is 0 Å². The largest absolute Gasteiger partial charge is 0.507 e. The zero-order valence-corrected chi connectivity index (χ0v) is 48.9. The van der Waals surface area contributed by atoms with E-state index in [1.54, 1.807) is 48.5 Å². The van der Waals surface area contributed by atoms with Crippen LogP contribution in [0.1, 0.15) is 155 Å². The molecular formula is C62H104F12N16O6. The van der Waals surface area contributed by atoms with Gasteiger partial charge in [0.15, 0.2) is 47.5 Å². The monoisotopic (exact) mass is 1480 g/mol. The number of hydrogen-bond donors (Lipinski definition) is 10. The molecular weight excluding hydrogens is 1290 g/mol. The minimum atomic E-state index is -4.55. The zero-order valence-electron chi connectivity index (χ0n) is 90.9. The number of amidine groups is 2. The number of aromatic nitrogens is 10. The van der Waals surface area contributed by atoms with Crippen molar-refractivity contribution in [1.82, 2.24) is 50.3 Å². The fraction of sp³-hybridized carbons (Fsp3) is 0.161. The molecule has 0 fully saturated rings. The number of aryl methyl sites for hydroxylation is 4. The quantitative estimate of drug-likeness (QED) is 0.0169. The van der Waals surface area contributed by atoms with Gasteiger partial charge in [0.2, 0.25) is 0 Å². The van der Waals surface area contributed by atoms with Gasteiger partial charge in [0.05, 0.1) is 44.5 Å². The Morgan fingerprint density at radius 2 is 0.896 bits per heavy atom. The third kappa shape index (κ3) is 22.1. The standard InChI is InChI=1S/2C15H11F3N4O.2C8H8O2.2C7H7F3N4.2CH4.22H2/c1-8-2-5-12(23)10(6-8)13-20-14(22-21-13)11-4-3-9(7-19-11)15(16,17)18;1-8-4-5-11(23)9(7-8)13-20-14(22-21-13)12-10(15(16,17)18)3-2-6-19-12;2*1-6-2-3-8(10)7(4-6)5-9;8-7(9,10)4-1-2-5(13-3-4)6(11)14-12;8-7(9,10)4-2-1-3-13-5(4)6(11)14-12;;;;;;;;;;;;;;;;;;;;;;;;/h2*2-7,23H,1H3,(H,20,21,22);2*2-5,10H,1H3;2*1-3H,12H2,(H2,11,14);2*1H4;22*1H/i;;;;;;;;21*1+2T;1+2. The van der Waals surface area contributed by atoms with E-state index < -0.39 is 58.5 Å². The molecule has 14 N–H and O–H groups in total. The van der Waals surface area contributed by atoms with Gasteiger partial charge in [-0.15, -0.1) is 0 Å². The van der Waals surface area contributed by atoms with E-state index in [1.807, 2.05) is 27.7 Å². The summed E-state index contributed by atoms with van der Waals surface area (Å²) in [6, 6.07) is 27.9. The number of carbonyl (C=O) groups is 2. The average Bonchev–Trinajstić information content (AvgIpc) is 1.68. The molecule has 10 aromatic rings. The Morgan fingerprint density at radius 1 is 0.490 bits per heavy atom. The van der Waals surface area contributed by atoms with Crippen molar-refractivity contribution in [3.05, 3.63) is 213 Å². The highest BCUT2D eigenvalue weighted by Crippen LogP contribution is 2.37. The molecule has 34 heteroatoms. The van der Waals surface area contributed by atoms with Crippen LogP contribution in [-0.4, -0.2) is 95.0 Å². The maximum absolute atomic E-state index is 13.0. The molecule has 4 aromatic carbocycles. The smallest absolute Gasteiger partial charge is 0.418 e. The summed E-state index contributed by atoms with van der Waals surface area (Å²) in [5, 5.41) is 56.7. The minimum Gasteiger partial charge on any atom is -0.507 e. The summed E-state index contributed by atoms with van der Waals surface area (Å²) >= 11 is 0. The fourth-order valence-corrected chi connectivity index (χ4v) is 7.38. The molecule has 0 saturated carbocycles. The highest BCUT2D eigenvalue weighted by atomic mass is 19.4. The number of halogens is 12. The molecule has 0 aliphatic heterocycles. The number of aldehydes is 2. The molecule has 0 atom stereocenters. The second-order valence-electron chi connectivity index (χ2n) is 19.1. The molecule has 0 aliphatic carbocycles. The van der Waals surface area contributed by atoms with Crippen LogP contribution in [-0.2, 0) is 24.7 Å². The van der Waals surface area contributed by atoms with Gasteiger partial charge >= 0.3 is 24.7 Å². The Bertz CT molecular complexity index is 4320. The second kappa shape index (κ2) is 34.1. The number of aromatic amines is 2. The van der Waals surface area contributed by atoms with Crippen molar-refractivity contribution in [3.8, 4) is 68.8 Å². The lowest BCUT2D eigenvalue weighted by Crippen LogP contribution is -2.22. The van der Waals surface area contributed by atoms with Crippen LogP contribution in [0.3, 0.4) is 0 Å². The van der Waals surface area contributed by atoms with Gasteiger partial charge < -0.3 is 43.6 Å². The first-order valence-corrected chi connectivity index (χ1v) is 26.2. The highest BCUT2D eigenvalue weighted by Gasteiger charge is 2.37. The number of nitrogens with one attached hydrogen (secondary N) is 2. The summed E-state index contributed by atoms with van der Waals surface area (Å²) in [5.41, 5.74) is 11.6. The van der Waals surface area contributed by atoms with Crippen molar-refractivity contribution in [2.75, 3.05) is 0 Å². The van der Waals surface area contributed by atoms with Crippen LogP contribution in [0.2, 0.25) is 0 Å². The van der Waals surface area contributed by atoms with Crippen molar-refractivity contribution in [2.45, 2.75) is 67.3 Å². The Labute approximate surface area is 604 Å². The van der Waals surface area contributed by atoms with Crippen LogP contribution in [0, 0.1) is 27.7 Å². The number of alkyl halides is 12. The van der Waals surface area contributed by atoms with Gasteiger partial charge in [-0.1, -0.05) is 61.4 Å². The number of benzene rings is 4. The van der Waals surface area contributed by atoms with Crippen LogP contribution in [0.15, 0.2) is 156 Å². The van der Waals surface area contributed by atoms with E-state index in [-0.39, 0.29) is 85.5 Å². The van der Waals surface area contributed by atoms with Crippen molar-refractivity contribution in [1.29, 1.82) is 0 Å². The number of phenolic OH excluding ortho intramolecular Hbond substituents is 4. The number of nitrogens with zero attached hydrogens (tertiary/aromatic N) is 10. The van der Waals surface area contributed by atoms with Crippen LogP contribution < -0.4 is 23.2 Å². The number of H-pyrrole nitrogens is 2. The molecule has 10 rings (SSSR count). The number of nitrogens with two attached hydrogens (primary N) is 4. The first-order chi connectivity index (χ1) is 65.1. The lowest BCUT2D eigenvalue weighted by Gasteiger charge is -2.09. The van der Waals surface area contributed by atoms with Crippen LogP contribution in [0.5, 0.6) is 23.0 Å². The van der Waals surface area contributed by atoms with Gasteiger partial charge in [-0.3, -0.25) is 39.7 Å². The lowest BCUT2D eigenvalue weighted by atomic mass is 10.1. The third-order valence-corrected chi connectivity index (χ3v) is 12.0. The first kappa shape index (κ1) is 50.5. The predicted octanol–water partition coefficient (Wildman–Crippen LogP) is 18.2. The Hall–Kier alpha value is -12.0. The number of hydrogen-bond acceptors (Lipinski definition) is 18. The molecule has 0 amide bonds. The first-order valence-electron chi connectivity index (χ1n) is 47.2. The Morgan fingerprint density at radius 3 is 1.29 bits per heavy atom. The van der Waals surface area contributed by atoms with E-state index in [4.69, 9.17) is 95.7 Å². The normalized spacial score (nSPS) is 13.0. The lowest BCUT2D eigenvalue weighted by molar-refractivity contribution is -0.138. The molecule has 6 aromatic heterocycles.